The molecule has 0 bridgehead atoms. The Morgan fingerprint density at radius 2 is 1.10 bits per heavy atom. The van der Waals surface area contributed by atoms with Crippen molar-refractivity contribution in [3.05, 3.63) is 58.6 Å². The van der Waals surface area contributed by atoms with Crippen molar-refractivity contribution in [1.29, 1.82) is 0 Å². The summed E-state index contributed by atoms with van der Waals surface area (Å²) in [6, 6.07) is 13.6. The minimum absolute atomic E-state index is 0.0464. The van der Waals surface area contributed by atoms with E-state index in [4.69, 9.17) is 32.7 Å². The van der Waals surface area contributed by atoms with Crippen molar-refractivity contribution in [2.24, 2.45) is 0 Å². The number of rotatable bonds is 6. The van der Waals surface area contributed by atoms with Gasteiger partial charge >= 0.3 is 0 Å². The van der Waals surface area contributed by atoms with E-state index in [9.17, 15) is 4.79 Å². The number of hydrogen-bond acceptors (Lipinski definition) is 3. The van der Waals surface area contributed by atoms with Crippen molar-refractivity contribution < 1.29 is 14.3 Å². The van der Waals surface area contributed by atoms with E-state index in [0.717, 1.165) is 0 Å². The second-order valence-electron chi connectivity index (χ2n) is 4.02. The van der Waals surface area contributed by atoms with Crippen molar-refractivity contribution >= 4 is 29.0 Å². The number of hydrogen-bond donors (Lipinski definition) is 0. The maximum atomic E-state index is 11.6. The molecule has 0 saturated heterocycles. The van der Waals surface area contributed by atoms with Crippen molar-refractivity contribution in [3.63, 3.8) is 0 Å². The second kappa shape index (κ2) is 7.17. The van der Waals surface area contributed by atoms with Gasteiger partial charge in [0.2, 0.25) is 5.78 Å². The van der Waals surface area contributed by atoms with Gasteiger partial charge in [0.15, 0.2) is 0 Å². The molecule has 0 unspecified atom stereocenters. The molecule has 20 heavy (non-hydrogen) atoms. The summed E-state index contributed by atoms with van der Waals surface area (Å²) in [6.07, 6.45) is 0. The molecule has 2 aromatic rings. The van der Waals surface area contributed by atoms with Crippen LogP contribution < -0.4 is 9.47 Å². The highest BCUT2D eigenvalue weighted by Crippen LogP contribution is 2.16. The van der Waals surface area contributed by atoms with Crippen LogP contribution in [-0.4, -0.2) is 19.0 Å². The average Bonchev–Trinajstić information content (AvgIpc) is 2.46. The quantitative estimate of drug-likeness (QED) is 0.808. The fourth-order valence-corrected chi connectivity index (χ4v) is 1.68. The molecule has 0 spiro atoms. The fourth-order valence-electron chi connectivity index (χ4n) is 1.43. The standard InChI is InChI=1S/C15H12Cl2O3/c16-11-1-5-14(6-2-11)19-9-13(18)10-20-15-7-3-12(17)4-8-15/h1-8H,9-10H2. The summed E-state index contributed by atoms with van der Waals surface area (Å²) in [7, 11) is 0. The molecule has 0 radical (unpaired) electrons. The van der Waals surface area contributed by atoms with Crippen molar-refractivity contribution in [3.8, 4) is 11.5 Å². The van der Waals surface area contributed by atoms with E-state index in [1.165, 1.54) is 0 Å². The molecule has 0 amide bonds. The molecule has 0 saturated carbocycles. The number of Topliss-reactive ketones (excluding diaryl/α,β-unsaturated/α-hetero) is 1. The Kier molecular flexibility index (Phi) is 5.27. The lowest BCUT2D eigenvalue weighted by Crippen LogP contribution is -2.19. The summed E-state index contributed by atoms with van der Waals surface area (Å²) in [5, 5.41) is 1.24. The van der Waals surface area contributed by atoms with E-state index in [1.807, 2.05) is 0 Å². The maximum Gasteiger partial charge on any atom is 0.207 e. The molecule has 0 N–H and O–H groups in total. The molecule has 104 valence electrons. The Bertz CT molecular complexity index is 513. The summed E-state index contributed by atoms with van der Waals surface area (Å²) in [5.41, 5.74) is 0. The molecule has 0 fully saturated rings. The van der Waals surface area contributed by atoms with E-state index in [-0.39, 0.29) is 19.0 Å². The van der Waals surface area contributed by atoms with Crippen LogP contribution in [0.15, 0.2) is 48.5 Å². The molecule has 2 aromatic carbocycles. The van der Waals surface area contributed by atoms with Gasteiger partial charge in [-0.2, -0.15) is 0 Å². The van der Waals surface area contributed by atoms with Gasteiger partial charge in [-0.05, 0) is 48.5 Å². The van der Waals surface area contributed by atoms with Crippen LogP contribution in [0.3, 0.4) is 0 Å². The van der Waals surface area contributed by atoms with Gasteiger partial charge in [-0.15, -0.1) is 0 Å². The summed E-state index contributed by atoms with van der Waals surface area (Å²) >= 11 is 11.5. The Morgan fingerprint density at radius 1 is 0.750 bits per heavy atom. The molecular formula is C15H12Cl2O3. The molecule has 0 atom stereocenters. The predicted molar refractivity (Wildman–Crippen MR) is 78.9 cm³/mol. The van der Waals surface area contributed by atoms with Crippen molar-refractivity contribution in [2.75, 3.05) is 13.2 Å². The summed E-state index contributed by atoms with van der Waals surface area (Å²) in [5.74, 6) is 1.03. The highest BCUT2D eigenvalue weighted by atomic mass is 35.5. The van der Waals surface area contributed by atoms with Crippen LogP contribution in [0, 0.1) is 0 Å². The normalized spacial score (nSPS) is 10.1. The highest BCUT2D eigenvalue weighted by Gasteiger charge is 2.05. The van der Waals surface area contributed by atoms with Crippen LogP contribution >= 0.6 is 23.2 Å². The minimum atomic E-state index is -0.158. The molecule has 0 aliphatic rings. The van der Waals surface area contributed by atoms with Crippen LogP contribution in [0.5, 0.6) is 11.5 Å². The average molecular weight is 311 g/mol. The van der Waals surface area contributed by atoms with Crippen LogP contribution in [0.2, 0.25) is 10.0 Å². The lowest BCUT2D eigenvalue weighted by atomic mass is 10.3. The van der Waals surface area contributed by atoms with Gasteiger partial charge in [0, 0.05) is 10.0 Å². The lowest BCUT2D eigenvalue weighted by Gasteiger charge is -2.07. The van der Waals surface area contributed by atoms with Gasteiger partial charge in [-0.3, -0.25) is 4.79 Å². The Balaban J connectivity index is 1.75. The zero-order valence-electron chi connectivity index (χ0n) is 10.5. The number of carbonyl (C=O) groups is 1. The first-order valence-corrected chi connectivity index (χ1v) is 6.67. The number of benzene rings is 2. The van der Waals surface area contributed by atoms with Gasteiger partial charge < -0.3 is 9.47 Å². The number of ether oxygens (including phenoxy) is 2. The molecule has 0 heterocycles. The third kappa shape index (κ3) is 4.76. The molecule has 2 rings (SSSR count). The minimum Gasteiger partial charge on any atom is -0.486 e. The van der Waals surface area contributed by atoms with Crippen molar-refractivity contribution in [2.45, 2.75) is 0 Å². The molecule has 3 nitrogen and oxygen atoms in total. The zero-order valence-corrected chi connectivity index (χ0v) is 12.0. The van der Waals surface area contributed by atoms with E-state index < -0.39 is 0 Å². The number of halogens is 2. The Hall–Kier alpha value is -1.71. The van der Waals surface area contributed by atoms with Gasteiger partial charge in [-0.1, -0.05) is 23.2 Å². The molecule has 0 aliphatic carbocycles. The van der Waals surface area contributed by atoms with Gasteiger partial charge in [-0.25, -0.2) is 0 Å². The number of carbonyl (C=O) groups excluding carboxylic acids is 1. The largest absolute Gasteiger partial charge is 0.486 e. The van der Waals surface area contributed by atoms with E-state index >= 15 is 0 Å². The predicted octanol–water partition coefficient (Wildman–Crippen LogP) is 4.02. The van der Waals surface area contributed by atoms with E-state index in [1.54, 1.807) is 48.5 Å². The summed E-state index contributed by atoms with van der Waals surface area (Å²) in [6.45, 7) is -0.0928. The first-order valence-electron chi connectivity index (χ1n) is 5.92. The van der Waals surface area contributed by atoms with Gasteiger partial charge in [0.25, 0.3) is 0 Å². The van der Waals surface area contributed by atoms with Crippen LogP contribution in [0.4, 0.5) is 0 Å². The maximum absolute atomic E-state index is 11.6. The topological polar surface area (TPSA) is 35.5 Å². The zero-order chi connectivity index (χ0) is 14.4. The van der Waals surface area contributed by atoms with Gasteiger partial charge in [0.1, 0.15) is 24.7 Å². The first-order chi connectivity index (χ1) is 9.63. The molecular weight excluding hydrogens is 299 g/mol. The first kappa shape index (κ1) is 14.7. The Labute approximate surface area is 127 Å². The monoisotopic (exact) mass is 310 g/mol. The highest BCUT2D eigenvalue weighted by molar-refractivity contribution is 6.30. The summed E-state index contributed by atoms with van der Waals surface area (Å²) < 4.78 is 10.6. The fraction of sp³-hybridized carbons (Fsp3) is 0.133. The van der Waals surface area contributed by atoms with Crippen LogP contribution in [0.25, 0.3) is 0 Å². The smallest absolute Gasteiger partial charge is 0.207 e. The van der Waals surface area contributed by atoms with E-state index in [2.05, 4.69) is 0 Å². The number of ketones is 1. The molecule has 5 heteroatoms. The molecule has 0 aliphatic heterocycles. The van der Waals surface area contributed by atoms with Crippen molar-refractivity contribution in [1.82, 2.24) is 0 Å². The second-order valence-corrected chi connectivity index (χ2v) is 4.90. The SMILES string of the molecule is O=C(COc1ccc(Cl)cc1)COc1ccc(Cl)cc1. The van der Waals surface area contributed by atoms with E-state index in [0.29, 0.717) is 21.5 Å². The lowest BCUT2D eigenvalue weighted by molar-refractivity contribution is -0.123. The third-order valence-corrected chi connectivity index (χ3v) is 2.93. The molecule has 0 aromatic heterocycles. The summed E-state index contributed by atoms with van der Waals surface area (Å²) in [4.78, 5) is 11.6. The Morgan fingerprint density at radius 3 is 1.45 bits per heavy atom. The third-order valence-electron chi connectivity index (χ3n) is 2.43. The van der Waals surface area contributed by atoms with Crippen LogP contribution in [0.1, 0.15) is 0 Å². The van der Waals surface area contributed by atoms with Gasteiger partial charge in [0.05, 0.1) is 0 Å². The van der Waals surface area contributed by atoms with Crippen LogP contribution in [-0.2, 0) is 4.79 Å².